The first-order valence-electron chi connectivity index (χ1n) is 11.8. The number of benzene rings is 2. The van der Waals surface area contributed by atoms with Crippen LogP contribution in [-0.2, 0) is 29.1 Å². The van der Waals surface area contributed by atoms with E-state index in [0.717, 1.165) is 18.9 Å². The van der Waals surface area contributed by atoms with Crippen LogP contribution in [0.5, 0.6) is 0 Å². The maximum absolute atomic E-state index is 14.0. The van der Waals surface area contributed by atoms with E-state index in [1.807, 2.05) is 19.0 Å². The summed E-state index contributed by atoms with van der Waals surface area (Å²) in [6.45, 7) is 2.55. The van der Waals surface area contributed by atoms with Gasteiger partial charge in [-0.3, -0.25) is 9.69 Å². The van der Waals surface area contributed by atoms with Gasteiger partial charge in [-0.05, 0) is 81.5 Å². The molecule has 1 amide bonds. The summed E-state index contributed by atoms with van der Waals surface area (Å²) in [5.41, 5.74) is -1.06. The molecule has 1 heterocycles. The lowest BCUT2D eigenvalue weighted by atomic mass is 9.99. The Balaban J connectivity index is 1.83. The molecular weight excluding hydrogens is 550 g/mol. The Kier molecular flexibility index (Phi) is 9.56. The van der Waals surface area contributed by atoms with Crippen LogP contribution in [0.4, 0.5) is 13.2 Å². The van der Waals surface area contributed by atoms with Crippen molar-refractivity contribution in [3.63, 3.8) is 0 Å². The van der Waals surface area contributed by atoms with Gasteiger partial charge in [-0.1, -0.05) is 30.1 Å². The minimum absolute atomic E-state index is 0.00194. The Labute approximate surface area is 225 Å². The SMILES string of the molecule is CCS(=O)(=O)c1ccc(Cl)cc1CNC(=O)c1cc(Cl)c(CN2CCC(N(C)C)CC2)c(C(F)(F)F)c1. The number of likely N-dealkylation sites (tertiary alicyclic amines) is 1. The van der Waals surface area contributed by atoms with Gasteiger partial charge in [0.2, 0.25) is 0 Å². The van der Waals surface area contributed by atoms with Crippen molar-refractivity contribution in [2.45, 2.75) is 50.0 Å². The molecule has 0 unspecified atom stereocenters. The molecular formula is C25H30Cl2F3N3O3S. The quantitative estimate of drug-likeness (QED) is 0.462. The first-order chi connectivity index (χ1) is 17.2. The normalized spacial score (nSPS) is 15.8. The highest BCUT2D eigenvalue weighted by atomic mass is 35.5. The summed E-state index contributed by atoms with van der Waals surface area (Å²) in [6, 6.07) is 6.57. The Bertz CT molecular complexity index is 1250. The number of nitrogens with one attached hydrogen (secondary N) is 1. The topological polar surface area (TPSA) is 69.7 Å². The van der Waals surface area contributed by atoms with Crippen LogP contribution in [0.15, 0.2) is 35.2 Å². The summed E-state index contributed by atoms with van der Waals surface area (Å²) in [7, 11) is 0.363. The summed E-state index contributed by atoms with van der Waals surface area (Å²) >= 11 is 12.3. The Hall–Kier alpha value is -1.85. The fourth-order valence-corrected chi connectivity index (χ4v) is 6.01. The average Bonchev–Trinajstić information content (AvgIpc) is 2.83. The highest BCUT2D eigenvalue weighted by Gasteiger charge is 2.36. The van der Waals surface area contributed by atoms with Crippen LogP contribution < -0.4 is 5.32 Å². The fourth-order valence-electron chi connectivity index (χ4n) is 4.42. The zero-order valence-corrected chi connectivity index (χ0v) is 23.2. The molecule has 0 bridgehead atoms. The van der Waals surface area contributed by atoms with Crippen LogP contribution in [-0.4, -0.2) is 63.1 Å². The van der Waals surface area contributed by atoms with Crippen molar-refractivity contribution in [3.8, 4) is 0 Å². The molecule has 12 heteroatoms. The number of halogens is 5. The minimum atomic E-state index is -4.72. The highest BCUT2D eigenvalue weighted by Crippen LogP contribution is 2.37. The lowest BCUT2D eigenvalue weighted by Gasteiger charge is -2.35. The van der Waals surface area contributed by atoms with Crippen molar-refractivity contribution in [2.75, 3.05) is 32.9 Å². The highest BCUT2D eigenvalue weighted by molar-refractivity contribution is 7.91. The molecule has 2 aromatic carbocycles. The van der Waals surface area contributed by atoms with Gasteiger partial charge in [-0.2, -0.15) is 13.2 Å². The third kappa shape index (κ3) is 7.38. The Morgan fingerprint density at radius 1 is 1.14 bits per heavy atom. The molecule has 6 nitrogen and oxygen atoms in total. The lowest BCUT2D eigenvalue weighted by molar-refractivity contribution is -0.138. The molecule has 2 aromatic rings. The summed E-state index contributed by atoms with van der Waals surface area (Å²) in [5.74, 6) is -0.973. The molecule has 0 spiro atoms. The molecule has 37 heavy (non-hydrogen) atoms. The zero-order valence-electron chi connectivity index (χ0n) is 20.8. The first-order valence-corrected chi connectivity index (χ1v) is 14.2. The van der Waals surface area contributed by atoms with Gasteiger partial charge in [0.25, 0.3) is 5.91 Å². The van der Waals surface area contributed by atoms with Crippen LogP contribution in [0.1, 0.15) is 46.8 Å². The number of carbonyl (C=O) groups excluding carboxylic acids is 1. The first kappa shape index (κ1) is 29.7. The molecule has 1 N–H and O–H groups in total. The molecule has 1 aliphatic rings. The lowest BCUT2D eigenvalue weighted by Crippen LogP contribution is -2.41. The predicted octanol–water partition coefficient (Wildman–Crippen LogP) is 5.26. The van der Waals surface area contributed by atoms with Crippen molar-refractivity contribution in [1.29, 1.82) is 0 Å². The third-order valence-electron chi connectivity index (χ3n) is 6.61. The maximum atomic E-state index is 14.0. The van der Waals surface area contributed by atoms with Crippen molar-refractivity contribution in [3.05, 3.63) is 62.6 Å². The smallest absolute Gasteiger partial charge is 0.348 e. The van der Waals surface area contributed by atoms with E-state index >= 15 is 0 Å². The van der Waals surface area contributed by atoms with E-state index in [0.29, 0.717) is 19.1 Å². The van der Waals surface area contributed by atoms with Gasteiger partial charge in [-0.15, -0.1) is 0 Å². The molecule has 1 saturated heterocycles. The van der Waals surface area contributed by atoms with Crippen molar-refractivity contribution >= 4 is 38.9 Å². The number of hydrogen-bond donors (Lipinski definition) is 1. The van der Waals surface area contributed by atoms with E-state index in [2.05, 4.69) is 10.2 Å². The van der Waals surface area contributed by atoms with Crippen LogP contribution in [0.2, 0.25) is 10.0 Å². The van der Waals surface area contributed by atoms with Crippen LogP contribution in [0.3, 0.4) is 0 Å². The van der Waals surface area contributed by atoms with Gasteiger partial charge in [0, 0.05) is 34.7 Å². The second kappa shape index (κ2) is 11.9. The van der Waals surface area contributed by atoms with E-state index in [1.165, 1.54) is 31.2 Å². The van der Waals surface area contributed by atoms with E-state index in [1.54, 1.807) is 0 Å². The van der Waals surface area contributed by atoms with Crippen molar-refractivity contribution < 1.29 is 26.4 Å². The number of sulfone groups is 1. The third-order valence-corrected chi connectivity index (χ3v) is 9.01. The van der Waals surface area contributed by atoms with Gasteiger partial charge < -0.3 is 10.2 Å². The summed E-state index contributed by atoms with van der Waals surface area (Å²) < 4.78 is 66.8. The fraction of sp³-hybridized carbons (Fsp3) is 0.480. The molecule has 0 radical (unpaired) electrons. The van der Waals surface area contributed by atoms with Crippen molar-refractivity contribution in [1.82, 2.24) is 15.1 Å². The molecule has 204 valence electrons. The van der Waals surface area contributed by atoms with Gasteiger partial charge in [0.05, 0.1) is 16.2 Å². The molecule has 3 rings (SSSR count). The van der Waals surface area contributed by atoms with Gasteiger partial charge in [0.15, 0.2) is 9.84 Å². The molecule has 0 atom stereocenters. The van der Waals surface area contributed by atoms with Crippen LogP contribution in [0.25, 0.3) is 0 Å². The monoisotopic (exact) mass is 579 g/mol. The van der Waals surface area contributed by atoms with Crippen LogP contribution >= 0.6 is 23.2 Å². The summed E-state index contributed by atoms with van der Waals surface area (Å²) in [5, 5.41) is 2.62. The van der Waals surface area contributed by atoms with E-state index in [9.17, 15) is 26.4 Å². The van der Waals surface area contributed by atoms with E-state index in [-0.39, 0.29) is 50.5 Å². The van der Waals surface area contributed by atoms with Crippen molar-refractivity contribution in [2.24, 2.45) is 0 Å². The number of amides is 1. The zero-order chi connectivity index (χ0) is 27.5. The molecule has 0 aromatic heterocycles. The number of alkyl halides is 3. The predicted molar refractivity (Wildman–Crippen MR) is 139 cm³/mol. The number of nitrogens with zero attached hydrogens (tertiary/aromatic N) is 2. The molecule has 0 saturated carbocycles. The van der Waals surface area contributed by atoms with Crippen LogP contribution in [0, 0.1) is 0 Å². The maximum Gasteiger partial charge on any atom is 0.416 e. The van der Waals surface area contributed by atoms with Gasteiger partial charge >= 0.3 is 6.18 Å². The number of piperidine rings is 1. The van der Waals surface area contributed by atoms with E-state index in [4.69, 9.17) is 23.2 Å². The minimum Gasteiger partial charge on any atom is -0.348 e. The second-order valence-corrected chi connectivity index (χ2v) is 12.4. The number of carbonyl (C=O) groups is 1. The average molecular weight is 581 g/mol. The molecule has 1 aliphatic heterocycles. The second-order valence-electron chi connectivity index (χ2n) is 9.29. The number of hydrogen-bond acceptors (Lipinski definition) is 5. The van der Waals surface area contributed by atoms with Gasteiger partial charge in [0.1, 0.15) is 0 Å². The number of rotatable bonds is 8. The standard InChI is InChI=1S/C25H30Cl2F3N3O3S/c1-4-37(35,36)23-6-5-18(26)11-17(23)14-31-24(34)16-12-21(25(28,29)30)20(22(27)13-16)15-33-9-7-19(8-10-33)32(2)3/h5-6,11-13,19H,4,7-10,14-15H2,1-3H3,(H,31,34). The Morgan fingerprint density at radius 2 is 1.78 bits per heavy atom. The molecule has 1 fully saturated rings. The van der Waals surface area contributed by atoms with E-state index < -0.39 is 27.5 Å². The Morgan fingerprint density at radius 3 is 2.35 bits per heavy atom. The summed E-state index contributed by atoms with van der Waals surface area (Å²) in [6.07, 6.45) is -3.04. The summed E-state index contributed by atoms with van der Waals surface area (Å²) in [4.78, 5) is 16.9. The molecule has 0 aliphatic carbocycles. The largest absolute Gasteiger partial charge is 0.416 e. The van der Waals surface area contributed by atoms with Gasteiger partial charge in [-0.25, -0.2) is 8.42 Å².